The molecule has 1 rings (SSSR count). The van der Waals surface area contributed by atoms with Crippen LogP contribution in [0.15, 0.2) is 23.1 Å². The number of ether oxygens (including phenoxy) is 1. The van der Waals surface area contributed by atoms with Gasteiger partial charge in [-0.15, -0.1) is 11.8 Å². The van der Waals surface area contributed by atoms with Crippen LogP contribution in [0.4, 0.5) is 0 Å². The van der Waals surface area contributed by atoms with E-state index in [1.54, 1.807) is 31.0 Å². The van der Waals surface area contributed by atoms with Crippen molar-refractivity contribution < 1.29 is 9.84 Å². The first-order valence-electron chi connectivity index (χ1n) is 4.63. The highest BCUT2D eigenvalue weighted by atomic mass is 32.2. The number of aliphatic hydroxyl groups is 1. The van der Waals surface area contributed by atoms with E-state index in [0.29, 0.717) is 5.56 Å². The summed E-state index contributed by atoms with van der Waals surface area (Å²) in [4.78, 5) is 0.908. The van der Waals surface area contributed by atoms with Crippen LogP contribution in [-0.4, -0.2) is 24.6 Å². The molecule has 3 nitrogen and oxygen atoms in total. The molecule has 0 spiro atoms. The SMILES string of the molecule is COc1ccc(C#N)c(SCCCO)c1. The van der Waals surface area contributed by atoms with Gasteiger partial charge in [0.1, 0.15) is 11.8 Å². The molecule has 0 aliphatic heterocycles. The summed E-state index contributed by atoms with van der Waals surface area (Å²) in [7, 11) is 1.60. The fourth-order valence-corrected chi connectivity index (χ4v) is 2.05. The van der Waals surface area contributed by atoms with E-state index < -0.39 is 0 Å². The van der Waals surface area contributed by atoms with E-state index >= 15 is 0 Å². The van der Waals surface area contributed by atoms with Crippen molar-refractivity contribution in [3.8, 4) is 11.8 Å². The number of benzene rings is 1. The minimum absolute atomic E-state index is 0.179. The van der Waals surface area contributed by atoms with Crippen LogP contribution >= 0.6 is 11.8 Å². The Balaban J connectivity index is 2.78. The Labute approximate surface area is 93.7 Å². The third-order valence-corrected chi connectivity index (χ3v) is 3.01. The number of methoxy groups -OCH3 is 1. The van der Waals surface area contributed by atoms with Crippen LogP contribution < -0.4 is 4.74 Å². The van der Waals surface area contributed by atoms with Crippen LogP contribution in [0, 0.1) is 11.3 Å². The maximum Gasteiger partial charge on any atom is 0.120 e. The monoisotopic (exact) mass is 223 g/mol. The molecule has 0 bridgehead atoms. The average molecular weight is 223 g/mol. The molecule has 1 aromatic carbocycles. The summed E-state index contributed by atoms with van der Waals surface area (Å²) in [5.74, 6) is 1.55. The Bertz CT molecular complexity index is 360. The van der Waals surface area contributed by atoms with Gasteiger partial charge in [0, 0.05) is 17.3 Å². The molecule has 0 radical (unpaired) electrons. The first kappa shape index (κ1) is 11.9. The van der Waals surface area contributed by atoms with Crippen molar-refractivity contribution in [2.45, 2.75) is 11.3 Å². The van der Waals surface area contributed by atoms with Gasteiger partial charge in [-0.25, -0.2) is 0 Å². The fourth-order valence-electron chi connectivity index (χ4n) is 1.09. The van der Waals surface area contributed by atoms with Crippen LogP contribution in [0.3, 0.4) is 0 Å². The lowest BCUT2D eigenvalue weighted by atomic mass is 10.2. The van der Waals surface area contributed by atoms with Gasteiger partial charge in [0.2, 0.25) is 0 Å². The molecule has 0 saturated carbocycles. The van der Waals surface area contributed by atoms with Crippen molar-refractivity contribution in [3.63, 3.8) is 0 Å². The van der Waals surface area contributed by atoms with Crippen molar-refractivity contribution >= 4 is 11.8 Å². The number of rotatable bonds is 5. The van der Waals surface area contributed by atoms with Gasteiger partial charge in [-0.05, 0) is 24.6 Å². The summed E-state index contributed by atoms with van der Waals surface area (Å²) < 4.78 is 5.09. The van der Waals surface area contributed by atoms with Crippen LogP contribution in [0.1, 0.15) is 12.0 Å². The van der Waals surface area contributed by atoms with Gasteiger partial charge in [0.15, 0.2) is 0 Å². The smallest absolute Gasteiger partial charge is 0.120 e. The second-order valence-electron chi connectivity index (χ2n) is 2.90. The van der Waals surface area contributed by atoms with Crippen molar-refractivity contribution in [1.82, 2.24) is 0 Å². The molecular weight excluding hydrogens is 210 g/mol. The van der Waals surface area contributed by atoms with E-state index in [1.807, 2.05) is 6.07 Å². The van der Waals surface area contributed by atoms with Crippen molar-refractivity contribution in [2.24, 2.45) is 0 Å². The summed E-state index contributed by atoms with van der Waals surface area (Å²) >= 11 is 1.56. The first-order chi connectivity index (χ1) is 7.31. The molecule has 0 unspecified atom stereocenters. The number of hydrogen-bond acceptors (Lipinski definition) is 4. The molecule has 0 aliphatic carbocycles. The predicted octanol–water partition coefficient (Wildman–Crippen LogP) is 2.04. The summed E-state index contributed by atoms with van der Waals surface area (Å²) in [5, 5.41) is 17.6. The van der Waals surface area contributed by atoms with Crippen LogP contribution in [0.25, 0.3) is 0 Å². The first-order valence-corrected chi connectivity index (χ1v) is 5.62. The van der Waals surface area contributed by atoms with E-state index in [9.17, 15) is 0 Å². The van der Waals surface area contributed by atoms with Gasteiger partial charge in [-0.3, -0.25) is 0 Å². The lowest BCUT2D eigenvalue weighted by Crippen LogP contribution is -1.89. The van der Waals surface area contributed by atoms with Crippen molar-refractivity contribution in [2.75, 3.05) is 19.5 Å². The molecule has 0 fully saturated rings. The standard InChI is InChI=1S/C11H13NO2S/c1-14-10-4-3-9(8-12)11(7-10)15-6-2-5-13/h3-4,7,13H,2,5-6H2,1H3. The zero-order valence-electron chi connectivity index (χ0n) is 8.56. The zero-order valence-corrected chi connectivity index (χ0v) is 9.38. The van der Waals surface area contributed by atoms with Crippen LogP contribution in [-0.2, 0) is 0 Å². The molecule has 0 heterocycles. The molecule has 0 atom stereocenters. The molecule has 15 heavy (non-hydrogen) atoms. The van der Waals surface area contributed by atoms with Gasteiger partial charge < -0.3 is 9.84 Å². The molecule has 4 heteroatoms. The second-order valence-corrected chi connectivity index (χ2v) is 4.04. The highest BCUT2D eigenvalue weighted by molar-refractivity contribution is 7.99. The lowest BCUT2D eigenvalue weighted by Gasteiger charge is -2.05. The summed E-state index contributed by atoms with van der Waals surface area (Å²) in [6, 6.07) is 7.51. The Morgan fingerprint density at radius 2 is 2.33 bits per heavy atom. The van der Waals surface area contributed by atoms with E-state index in [2.05, 4.69) is 6.07 Å². The topological polar surface area (TPSA) is 53.2 Å². The third-order valence-electron chi connectivity index (χ3n) is 1.87. The van der Waals surface area contributed by atoms with Gasteiger partial charge >= 0.3 is 0 Å². The quantitative estimate of drug-likeness (QED) is 0.613. The van der Waals surface area contributed by atoms with Crippen molar-refractivity contribution in [3.05, 3.63) is 23.8 Å². The van der Waals surface area contributed by atoms with Crippen LogP contribution in [0.5, 0.6) is 5.75 Å². The highest BCUT2D eigenvalue weighted by Gasteiger charge is 2.04. The number of hydrogen-bond donors (Lipinski definition) is 1. The van der Waals surface area contributed by atoms with E-state index in [1.165, 1.54) is 0 Å². The lowest BCUT2D eigenvalue weighted by molar-refractivity contribution is 0.296. The Morgan fingerprint density at radius 1 is 1.53 bits per heavy atom. The molecule has 0 aromatic heterocycles. The summed E-state index contributed by atoms with van der Waals surface area (Å²) in [5.41, 5.74) is 0.652. The maximum atomic E-state index is 8.89. The average Bonchev–Trinajstić information content (AvgIpc) is 2.29. The van der Waals surface area contributed by atoms with E-state index in [-0.39, 0.29) is 6.61 Å². The number of aliphatic hydroxyl groups excluding tert-OH is 1. The maximum absolute atomic E-state index is 8.89. The summed E-state index contributed by atoms with van der Waals surface area (Å²) in [6.07, 6.45) is 0.729. The van der Waals surface area contributed by atoms with Gasteiger partial charge in [0.05, 0.1) is 12.7 Å². The Kier molecular flexibility index (Phi) is 5.02. The molecule has 0 amide bonds. The van der Waals surface area contributed by atoms with Gasteiger partial charge in [-0.2, -0.15) is 5.26 Å². The van der Waals surface area contributed by atoms with Crippen molar-refractivity contribution in [1.29, 1.82) is 5.26 Å². The van der Waals surface area contributed by atoms with E-state index in [0.717, 1.165) is 22.8 Å². The van der Waals surface area contributed by atoms with E-state index in [4.69, 9.17) is 15.1 Å². The predicted molar refractivity (Wildman–Crippen MR) is 60.1 cm³/mol. The highest BCUT2D eigenvalue weighted by Crippen LogP contribution is 2.27. The normalized spacial score (nSPS) is 9.67. The molecule has 0 saturated heterocycles. The molecule has 1 aromatic rings. The van der Waals surface area contributed by atoms with Gasteiger partial charge in [-0.1, -0.05) is 0 Å². The zero-order chi connectivity index (χ0) is 11.1. The Hall–Kier alpha value is -1.18. The second kappa shape index (κ2) is 6.33. The fraction of sp³-hybridized carbons (Fsp3) is 0.364. The van der Waals surface area contributed by atoms with Gasteiger partial charge in [0.25, 0.3) is 0 Å². The minimum Gasteiger partial charge on any atom is -0.497 e. The molecule has 0 aliphatic rings. The third kappa shape index (κ3) is 3.46. The molecular formula is C11H13NO2S. The summed E-state index contributed by atoms with van der Waals surface area (Å²) in [6.45, 7) is 0.179. The minimum atomic E-state index is 0.179. The number of nitrogens with zero attached hydrogens (tertiary/aromatic N) is 1. The number of nitriles is 1. The van der Waals surface area contributed by atoms with Crippen LogP contribution in [0.2, 0.25) is 0 Å². The molecule has 1 N–H and O–H groups in total. The Morgan fingerprint density at radius 3 is 2.93 bits per heavy atom. The largest absolute Gasteiger partial charge is 0.497 e. The number of thioether (sulfide) groups is 1. The molecule has 80 valence electrons.